The number of hydrogen-bond acceptors (Lipinski definition) is 2. The van der Waals surface area contributed by atoms with Crippen molar-refractivity contribution in [2.75, 3.05) is 19.8 Å². The summed E-state index contributed by atoms with van der Waals surface area (Å²) >= 11 is 0. The molecule has 0 N–H and O–H groups in total. The summed E-state index contributed by atoms with van der Waals surface area (Å²) in [7, 11) is 0. The molecule has 0 aromatic heterocycles. The Bertz CT molecular complexity index is 436. The minimum atomic E-state index is -5.59. The molecule has 0 aliphatic heterocycles. The minimum absolute atomic E-state index is 0.124. The van der Waals surface area contributed by atoms with Crippen LogP contribution < -0.4 is 4.74 Å². The maximum atomic E-state index is 13.4. The first kappa shape index (κ1) is 17.6. The summed E-state index contributed by atoms with van der Waals surface area (Å²) in [6.07, 6.45) is 0. The van der Waals surface area contributed by atoms with Crippen LogP contribution in [-0.2, 0) is 4.74 Å². The second-order valence-electron chi connectivity index (χ2n) is 4.22. The van der Waals surface area contributed by atoms with E-state index in [9.17, 15) is 26.3 Å². The lowest BCUT2D eigenvalue weighted by atomic mass is 10.1. The van der Waals surface area contributed by atoms with E-state index in [1.165, 1.54) is 31.2 Å². The van der Waals surface area contributed by atoms with Crippen LogP contribution in [0.1, 0.15) is 6.92 Å². The second kappa shape index (κ2) is 6.55. The maximum absolute atomic E-state index is 13.4. The fourth-order valence-electron chi connectivity index (χ4n) is 1.37. The first-order valence-electron chi connectivity index (χ1n) is 6.03. The third-order valence-electron chi connectivity index (χ3n) is 2.57. The zero-order valence-corrected chi connectivity index (χ0v) is 11.1. The van der Waals surface area contributed by atoms with E-state index in [1.54, 1.807) is 6.07 Å². The molecule has 0 radical (unpaired) electrons. The van der Waals surface area contributed by atoms with E-state index in [1.807, 2.05) is 0 Å². The molecule has 21 heavy (non-hydrogen) atoms. The van der Waals surface area contributed by atoms with Crippen LogP contribution in [0.25, 0.3) is 0 Å². The molecule has 0 heterocycles. The van der Waals surface area contributed by atoms with Crippen molar-refractivity contribution in [2.24, 2.45) is 0 Å². The zero-order valence-electron chi connectivity index (χ0n) is 11.1. The topological polar surface area (TPSA) is 18.5 Å². The average Bonchev–Trinajstić information content (AvgIpc) is 2.44. The number of benzene rings is 1. The highest BCUT2D eigenvalue weighted by molar-refractivity contribution is 5.21. The Hall–Kier alpha value is -1.44. The molecule has 0 saturated heterocycles. The van der Waals surface area contributed by atoms with Crippen LogP contribution in [-0.4, -0.2) is 37.6 Å². The molecule has 0 bridgehead atoms. The van der Waals surface area contributed by atoms with Gasteiger partial charge in [-0.15, -0.1) is 0 Å². The lowest BCUT2D eigenvalue weighted by molar-refractivity contribution is -0.324. The highest BCUT2D eigenvalue weighted by atomic mass is 19.3. The monoisotopic (exact) mass is 316 g/mol. The number of hydrogen-bond donors (Lipinski definition) is 0. The maximum Gasteiger partial charge on any atom is 0.377 e. The van der Waals surface area contributed by atoms with Crippen molar-refractivity contribution in [2.45, 2.75) is 24.7 Å². The summed E-state index contributed by atoms with van der Waals surface area (Å²) in [5, 5.41) is 0. The molecule has 120 valence electrons. The van der Waals surface area contributed by atoms with Crippen LogP contribution in [0.2, 0.25) is 0 Å². The van der Waals surface area contributed by atoms with Gasteiger partial charge in [-0.1, -0.05) is 18.2 Å². The Balaban J connectivity index is 2.78. The second-order valence-corrected chi connectivity index (χ2v) is 4.22. The molecule has 1 aromatic carbocycles. The predicted molar refractivity (Wildman–Crippen MR) is 63.3 cm³/mol. The van der Waals surface area contributed by atoms with E-state index in [0.717, 1.165) is 0 Å². The van der Waals surface area contributed by atoms with Crippen LogP contribution in [0.4, 0.5) is 26.3 Å². The van der Waals surface area contributed by atoms with Crippen molar-refractivity contribution in [3.05, 3.63) is 30.3 Å². The van der Waals surface area contributed by atoms with Gasteiger partial charge in [0.15, 0.2) is 6.61 Å². The van der Waals surface area contributed by atoms with E-state index in [2.05, 4.69) is 9.47 Å². The van der Waals surface area contributed by atoms with Crippen LogP contribution in [0.15, 0.2) is 30.3 Å². The fourth-order valence-corrected chi connectivity index (χ4v) is 1.37. The summed E-state index contributed by atoms with van der Waals surface area (Å²) < 4.78 is 88.5. The number of para-hydroxylation sites is 1. The molecule has 0 spiro atoms. The number of alkyl halides is 6. The van der Waals surface area contributed by atoms with Gasteiger partial charge in [-0.3, -0.25) is 0 Å². The SMILES string of the molecule is CCOCC(F)(F)C(F)(F)C(F)(F)COc1ccccc1. The van der Waals surface area contributed by atoms with Gasteiger partial charge in [0.05, 0.1) is 0 Å². The molecule has 1 rings (SSSR count). The zero-order chi connectivity index (χ0) is 16.1. The van der Waals surface area contributed by atoms with Crippen LogP contribution >= 0.6 is 0 Å². The van der Waals surface area contributed by atoms with Gasteiger partial charge >= 0.3 is 17.8 Å². The molecule has 0 unspecified atom stereocenters. The van der Waals surface area contributed by atoms with Crippen molar-refractivity contribution in [1.82, 2.24) is 0 Å². The number of rotatable bonds is 8. The highest BCUT2D eigenvalue weighted by Crippen LogP contribution is 2.46. The Morgan fingerprint density at radius 3 is 1.90 bits per heavy atom. The summed E-state index contributed by atoms with van der Waals surface area (Å²) in [6.45, 7) is -2.67. The van der Waals surface area contributed by atoms with Gasteiger partial charge in [-0.25, -0.2) is 0 Å². The molecule has 2 nitrogen and oxygen atoms in total. The van der Waals surface area contributed by atoms with Crippen LogP contribution in [0, 0.1) is 0 Å². The Kier molecular flexibility index (Phi) is 5.49. The van der Waals surface area contributed by atoms with Gasteiger partial charge in [0.25, 0.3) is 0 Å². The van der Waals surface area contributed by atoms with Gasteiger partial charge in [-0.2, -0.15) is 26.3 Å². The normalized spacial score (nSPS) is 13.3. The first-order chi connectivity index (χ1) is 9.64. The fraction of sp³-hybridized carbons (Fsp3) is 0.538. The molecule has 0 aliphatic carbocycles. The van der Waals surface area contributed by atoms with Crippen molar-refractivity contribution < 1.29 is 35.8 Å². The first-order valence-corrected chi connectivity index (χ1v) is 6.03. The minimum Gasteiger partial charge on any atom is -0.487 e. The van der Waals surface area contributed by atoms with Gasteiger partial charge in [0.2, 0.25) is 0 Å². The van der Waals surface area contributed by atoms with Crippen LogP contribution in [0.5, 0.6) is 5.75 Å². The lowest BCUT2D eigenvalue weighted by Gasteiger charge is -2.32. The van der Waals surface area contributed by atoms with Crippen LogP contribution in [0.3, 0.4) is 0 Å². The summed E-state index contributed by atoms with van der Waals surface area (Å²) in [5.74, 6) is -15.8. The van der Waals surface area contributed by atoms with Crippen molar-refractivity contribution in [3.63, 3.8) is 0 Å². The third-order valence-corrected chi connectivity index (χ3v) is 2.57. The molecule has 8 heteroatoms. The molecule has 0 fully saturated rings. The molecule has 1 aromatic rings. The molecular weight excluding hydrogens is 302 g/mol. The Labute approximate surface area is 117 Å². The van der Waals surface area contributed by atoms with Crippen molar-refractivity contribution in [3.8, 4) is 5.75 Å². The third kappa shape index (κ3) is 4.03. The van der Waals surface area contributed by atoms with E-state index in [4.69, 9.17) is 0 Å². The molecule has 0 aliphatic rings. The number of ether oxygens (including phenoxy) is 2. The molecule has 0 amide bonds. The quantitative estimate of drug-likeness (QED) is 0.675. The molecular formula is C13H14F6O2. The number of halogens is 6. The highest BCUT2D eigenvalue weighted by Gasteiger charge is 2.71. The Morgan fingerprint density at radius 1 is 0.857 bits per heavy atom. The van der Waals surface area contributed by atoms with Gasteiger partial charge in [0, 0.05) is 6.61 Å². The van der Waals surface area contributed by atoms with E-state index >= 15 is 0 Å². The predicted octanol–water partition coefficient (Wildman–Crippen LogP) is 4.01. The van der Waals surface area contributed by atoms with Gasteiger partial charge in [0.1, 0.15) is 12.4 Å². The summed E-state index contributed by atoms with van der Waals surface area (Å²) in [5.41, 5.74) is 0. The molecule has 0 atom stereocenters. The molecule has 0 saturated carbocycles. The van der Waals surface area contributed by atoms with Crippen molar-refractivity contribution >= 4 is 0 Å². The van der Waals surface area contributed by atoms with E-state index < -0.39 is 31.0 Å². The van der Waals surface area contributed by atoms with Gasteiger partial charge in [-0.05, 0) is 19.1 Å². The van der Waals surface area contributed by atoms with E-state index in [-0.39, 0.29) is 12.4 Å². The Morgan fingerprint density at radius 2 is 1.38 bits per heavy atom. The van der Waals surface area contributed by atoms with Crippen molar-refractivity contribution in [1.29, 1.82) is 0 Å². The average molecular weight is 316 g/mol. The van der Waals surface area contributed by atoms with Gasteiger partial charge < -0.3 is 9.47 Å². The summed E-state index contributed by atoms with van der Waals surface area (Å²) in [6, 6.07) is 6.89. The van der Waals surface area contributed by atoms with E-state index in [0.29, 0.717) is 0 Å². The smallest absolute Gasteiger partial charge is 0.377 e. The largest absolute Gasteiger partial charge is 0.487 e. The standard InChI is InChI=1S/C13H14F6O2/c1-2-20-8-11(14,15)13(18,19)12(16,17)9-21-10-6-4-3-5-7-10/h3-7H,2,8-9H2,1H3. The summed E-state index contributed by atoms with van der Waals surface area (Å²) in [4.78, 5) is 0. The lowest BCUT2D eigenvalue weighted by Crippen LogP contribution is -2.58.